The first-order valence-corrected chi connectivity index (χ1v) is 6.71. The summed E-state index contributed by atoms with van der Waals surface area (Å²) in [5.74, 6) is -1.85. The lowest BCUT2D eigenvalue weighted by Crippen LogP contribution is -2.55. The van der Waals surface area contributed by atoms with Crippen LogP contribution in [0.5, 0.6) is 0 Å². The summed E-state index contributed by atoms with van der Waals surface area (Å²) >= 11 is 0. The number of hydrogen-bond acceptors (Lipinski definition) is 5. The monoisotopic (exact) mass is 302 g/mol. The molecule has 0 aliphatic carbocycles. The van der Waals surface area contributed by atoms with Gasteiger partial charge in [-0.2, -0.15) is 0 Å². The number of carbonyl (C=O) groups excluding carboxylic acids is 1. The first kappa shape index (κ1) is 14.2. The molecule has 1 saturated heterocycles. The lowest BCUT2D eigenvalue weighted by Gasteiger charge is -2.22. The Bertz CT molecular complexity index is 692. The van der Waals surface area contributed by atoms with Gasteiger partial charge in [0.15, 0.2) is 5.54 Å². The van der Waals surface area contributed by atoms with E-state index in [9.17, 15) is 14.7 Å². The van der Waals surface area contributed by atoms with E-state index in [-0.39, 0.29) is 18.9 Å². The van der Waals surface area contributed by atoms with Gasteiger partial charge in [0.25, 0.3) is 5.91 Å². The van der Waals surface area contributed by atoms with Gasteiger partial charge in [-0.3, -0.25) is 4.79 Å². The van der Waals surface area contributed by atoms with Gasteiger partial charge in [0.1, 0.15) is 6.33 Å². The summed E-state index contributed by atoms with van der Waals surface area (Å²) in [6.45, 7) is 0.228. The predicted molar refractivity (Wildman–Crippen MR) is 74.6 cm³/mol. The number of para-hydroxylation sites is 1. The number of nitrogens with zero attached hydrogens (tertiary/aromatic N) is 3. The van der Waals surface area contributed by atoms with Crippen LogP contribution < -0.4 is 5.32 Å². The van der Waals surface area contributed by atoms with Crippen molar-refractivity contribution in [2.75, 3.05) is 13.2 Å². The second-order valence-electron chi connectivity index (χ2n) is 4.99. The molecule has 2 heterocycles. The second-order valence-corrected chi connectivity index (χ2v) is 4.99. The molecule has 1 atom stereocenters. The highest BCUT2D eigenvalue weighted by atomic mass is 16.5. The van der Waals surface area contributed by atoms with Crippen LogP contribution in [0, 0.1) is 0 Å². The van der Waals surface area contributed by atoms with E-state index >= 15 is 0 Å². The molecule has 8 nitrogen and oxygen atoms in total. The van der Waals surface area contributed by atoms with E-state index in [1.807, 2.05) is 30.3 Å². The zero-order valence-electron chi connectivity index (χ0n) is 11.6. The van der Waals surface area contributed by atoms with Crippen LogP contribution in [0.2, 0.25) is 0 Å². The summed E-state index contributed by atoms with van der Waals surface area (Å²) in [5, 5.41) is 15.8. The van der Waals surface area contributed by atoms with Crippen molar-refractivity contribution in [3.63, 3.8) is 0 Å². The van der Waals surface area contributed by atoms with Crippen LogP contribution in [-0.2, 0) is 9.53 Å². The van der Waals surface area contributed by atoms with Crippen LogP contribution in [0.3, 0.4) is 0 Å². The molecule has 1 amide bonds. The van der Waals surface area contributed by atoms with Gasteiger partial charge in [-0.05, 0) is 12.1 Å². The number of aliphatic carboxylic acids is 1. The van der Waals surface area contributed by atoms with Crippen molar-refractivity contribution < 1.29 is 19.4 Å². The number of benzene rings is 1. The van der Waals surface area contributed by atoms with Crippen molar-refractivity contribution in [1.29, 1.82) is 0 Å². The number of hydrogen-bond donors (Lipinski definition) is 2. The van der Waals surface area contributed by atoms with Gasteiger partial charge in [-0.25, -0.2) is 14.5 Å². The van der Waals surface area contributed by atoms with Crippen LogP contribution in [-0.4, -0.2) is 50.5 Å². The molecule has 1 aliphatic rings. The lowest BCUT2D eigenvalue weighted by atomic mass is 9.99. The smallest absolute Gasteiger partial charge is 0.331 e. The molecular weight excluding hydrogens is 288 g/mol. The zero-order valence-corrected chi connectivity index (χ0v) is 11.6. The van der Waals surface area contributed by atoms with E-state index in [1.54, 1.807) is 0 Å². The minimum atomic E-state index is -1.41. The van der Waals surface area contributed by atoms with E-state index < -0.39 is 17.4 Å². The van der Waals surface area contributed by atoms with Crippen molar-refractivity contribution in [3.8, 4) is 5.69 Å². The molecule has 1 aromatic carbocycles. The van der Waals surface area contributed by atoms with Crippen LogP contribution in [0.25, 0.3) is 5.69 Å². The first-order chi connectivity index (χ1) is 10.6. The Morgan fingerprint density at radius 1 is 1.32 bits per heavy atom. The van der Waals surface area contributed by atoms with Crippen molar-refractivity contribution in [1.82, 2.24) is 20.1 Å². The molecule has 114 valence electrons. The molecule has 0 saturated carbocycles. The molecule has 0 radical (unpaired) electrons. The van der Waals surface area contributed by atoms with Gasteiger partial charge in [0, 0.05) is 13.0 Å². The molecule has 1 fully saturated rings. The van der Waals surface area contributed by atoms with Crippen LogP contribution in [0.4, 0.5) is 0 Å². The normalized spacial score (nSPS) is 20.7. The van der Waals surface area contributed by atoms with Crippen molar-refractivity contribution >= 4 is 11.9 Å². The van der Waals surface area contributed by atoms with E-state index in [0.29, 0.717) is 6.61 Å². The molecule has 8 heteroatoms. The highest BCUT2D eigenvalue weighted by molar-refractivity contribution is 5.95. The van der Waals surface area contributed by atoms with Gasteiger partial charge in [0.05, 0.1) is 12.3 Å². The number of nitrogens with one attached hydrogen (secondary N) is 1. The fraction of sp³-hybridized carbons (Fsp3) is 0.286. The molecule has 1 aromatic heterocycles. The van der Waals surface area contributed by atoms with E-state index in [2.05, 4.69) is 15.4 Å². The van der Waals surface area contributed by atoms with Gasteiger partial charge < -0.3 is 15.2 Å². The zero-order chi connectivity index (χ0) is 15.6. The number of ether oxygens (including phenoxy) is 1. The highest BCUT2D eigenvalue weighted by Gasteiger charge is 2.44. The van der Waals surface area contributed by atoms with E-state index in [1.165, 1.54) is 11.0 Å². The second kappa shape index (κ2) is 5.57. The SMILES string of the molecule is O=C(NC1(C(=O)O)CCOC1)c1ncn(-c2ccccc2)n1. The molecule has 1 aliphatic heterocycles. The fourth-order valence-corrected chi connectivity index (χ4v) is 2.23. The Balaban J connectivity index is 1.79. The summed E-state index contributed by atoms with van der Waals surface area (Å²) in [7, 11) is 0. The quantitative estimate of drug-likeness (QED) is 0.838. The molecule has 3 rings (SSSR count). The molecule has 22 heavy (non-hydrogen) atoms. The number of aromatic nitrogens is 3. The van der Waals surface area contributed by atoms with Crippen molar-refractivity contribution in [2.45, 2.75) is 12.0 Å². The maximum absolute atomic E-state index is 12.2. The Morgan fingerprint density at radius 3 is 2.73 bits per heavy atom. The molecule has 2 aromatic rings. The number of amides is 1. The van der Waals surface area contributed by atoms with Crippen LogP contribution >= 0.6 is 0 Å². The topological polar surface area (TPSA) is 106 Å². The molecule has 2 N–H and O–H groups in total. The van der Waals surface area contributed by atoms with Gasteiger partial charge >= 0.3 is 5.97 Å². The van der Waals surface area contributed by atoms with Crippen molar-refractivity contribution in [3.05, 3.63) is 42.5 Å². The van der Waals surface area contributed by atoms with Crippen LogP contribution in [0.1, 0.15) is 17.0 Å². The van der Waals surface area contributed by atoms with E-state index in [0.717, 1.165) is 5.69 Å². The maximum atomic E-state index is 12.2. The molecule has 1 unspecified atom stereocenters. The number of rotatable bonds is 4. The molecule has 0 spiro atoms. The Labute approximate surface area is 125 Å². The van der Waals surface area contributed by atoms with Gasteiger partial charge in [-0.15, -0.1) is 5.10 Å². The summed E-state index contributed by atoms with van der Waals surface area (Å²) in [5.41, 5.74) is -0.652. The first-order valence-electron chi connectivity index (χ1n) is 6.71. The summed E-state index contributed by atoms with van der Waals surface area (Å²) < 4.78 is 6.54. The number of carboxylic acid groups (broad SMARTS) is 1. The Morgan fingerprint density at radius 2 is 2.09 bits per heavy atom. The number of carbonyl (C=O) groups is 2. The average molecular weight is 302 g/mol. The average Bonchev–Trinajstić information content (AvgIpc) is 3.18. The van der Waals surface area contributed by atoms with Gasteiger partial charge in [0.2, 0.25) is 5.82 Å². The third-order valence-corrected chi connectivity index (χ3v) is 3.50. The van der Waals surface area contributed by atoms with Crippen LogP contribution in [0.15, 0.2) is 36.7 Å². The molecule has 0 bridgehead atoms. The molecular formula is C14H14N4O4. The maximum Gasteiger partial charge on any atom is 0.331 e. The third kappa shape index (κ3) is 2.56. The van der Waals surface area contributed by atoms with Crippen molar-refractivity contribution in [2.24, 2.45) is 0 Å². The minimum Gasteiger partial charge on any atom is -0.479 e. The highest BCUT2D eigenvalue weighted by Crippen LogP contribution is 2.19. The minimum absolute atomic E-state index is 0.0620. The largest absolute Gasteiger partial charge is 0.479 e. The van der Waals surface area contributed by atoms with Gasteiger partial charge in [-0.1, -0.05) is 18.2 Å². The van der Waals surface area contributed by atoms with E-state index in [4.69, 9.17) is 4.74 Å². The Kier molecular flexibility index (Phi) is 3.60. The Hall–Kier alpha value is -2.74. The summed E-state index contributed by atoms with van der Waals surface area (Å²) in [6.07, 6.45) is 1.62. The summed E-state index contributed by atoms with van der Waals surface area (Å²) in [6, 6.07) is 9.18. The fourth-order valence-electron chi connectivity index (χ4n) is 2.23. The summed E-state index contributed by atoms with van der Waals surface area (Å²) in [4.78, 5) is 27.5. The standard InChI is InChI=1S/C14H14N4O4/c19-12(16-14(13(20)21)6-7-22-8-14)11-15-9-18(17-11)10-4-2-1-3-5-10/h1-5,9H,6-8H2,(H,16,19)(H,20,21). The third-order valence-electron chi connectivity index (χ3n) is 3.50. The predicted octanol–water partition coefficient (Wildman–Crippen LogP) is 0.241. The number of carboxylic acids is 1. The lowest BCUT2D eigenvalue weighted by molar-refractivity contribution is -0.144.